The fourth-order valence-corrected chi connectivity index (χ4v) is 1.40. The first-order valence-electron chi connectivity index (χ1n) is 4.46. The number of carbonyl (C=O) groups excluding carboxylic acids is 1. The van der Waals surface area contributed by atoms with E-state index in [9.17, 15) is 4.79 Å². The Hall–Kier alpha value is -1.55. The van der Waals surface area contributed by atoms with Gasteiger partial charge in [-0.1, -0.05) is 6.07 Å². The van der Waals surface area contributed by atoms with Crippen LogP contribution < -0.4 is 10.1 Å². The Balaban J connectivity index is 2.44. The van der Waals surface area contributed by atoms with E-state index in [1.807, 2.05) is 0 Å². The second-order valence-corrected chi connectivity index (χ2v) is 3.09. The van der Waals surface area contributed by atoms with E-state index in [1.165, 1.54) is 0 Å². The summed E-state index contributed by atoms with van der Waals surface area (Å²) in [6, 6.07) is 5.11. The lowest BCUT2D eigenvalue weighted by molar-refractivity contribution is 0.0957. The van der Waals surface area contributed by atoms with Crippen LogP contribution in [0.15, 0.2) is 18.2 Å². The van der Waals surface area contributed by atoms with Gasteiger partial charge in [0, 0.05) is 0 Å². The molecule has 0 saturated carbocycles. The standard InChI is InChI=1S/C10H11NO3/c12-6-7-1-2-9-8(5-7)10(13)11-3-4-14-9/h1-2,5,12H,3-4,6H2,(H,11,13). The van der Waals surface area contributed by atoms with Crippen molar-refractivity contribution in [2.24, 2.45) is 0 Å². The average Bonchev–Trinajstić information content (AvgIpc) is 2.40. The number of hydrogen-bond donors (Lipinski definition) is 2. The Labute approximate surface area is 81.5 Å². The third kappa shape index (κ3) is 1.56. The maximum absolute atomic E-state index is 11.5. The summed E-state index contributed by atoms with van der Waals surface area (Å²) in [4.78, 5) is 11.5. The van der Waals surface area contributed by atoms with Crippen LogP contribution in [0.2, 0.25) is 0 Å². The number of benzene rings is 1. The minimum atomic E-state index is -0.146. The van der Waals surface area contributed by atoms with Gasteiger partial charge in [-0.05, 0) is 17.7 Å². The zero-order valence-corrected chi connectivity index (χ0v) is 7.62. The maximum Gasteiger partial charge on any atom is 0.255 e. The van der Waals surface area contributed by atoms with E-state index in [2.05, 4.69) is 5.32 Å². The summed E-state index contributed by atoms with van der Waals surface area (Å²) >= 11 is 0. The topological polar surface area (TPSA) is 58.6 Å². The van der Waals surface area contributed by atoms with Crippen LogP contribution in [-0.2, 0) is 6.61 Å². The molecule has 0 aromatic heterocycles. The third-order valence-corrected chi connectivity index (χ3v) is 2.12. The predicted molar refractivity (Wildman–Crippen MR) is 50.2 cm³/mol. The zero-order chi connectivity index (χ0) is 9.97. The molecule has 1 aromatic rings. The quantitative estimate of drug-likeness (QED) is 0.674. The highest BCUT2D eigenvalue weighted by Crippen LogP contribution is 2.21. The highest BCUT2D eigenvalue weighted by atomic mass is 16.5. The van der Waals surface area contributed by atoms with Crippen LogP contribution in [0.5, 0.6) is 5.75 Å². The van der Waals surface area contributed by atoms with Gasteiger partial charge in [0.2, 0.25) is 0 Å². The third-order valence-electron chi connectivity index (χ3n) is 2.12. The number of carbonyl (C=O) groups is 1. The Bertz CT molecular complexity index is 362. The molecule has 1 aromatic carbocycles. The lowest BCUT2D eigenvalue weighted by Crippen LogP contribution is -2.24. The zero-order valence-electron chi connectivity index (χ0n) is 7.62. The smallest absolute Gasteiger partial charge is 0.255 e. The molecule has 0 bridgehead atoms. The molecule has 4 heteroatoms. The van der Waals surface area contributed by atoms with E-state index in [0.717, 1.165) is 0 Å². The van der Waals surface area contributed by atoms with Gasteiger partial charge in [0.15, 0.2) is 0 Å². The SMILES string of the molecule is O=C1NCCOc2ccc(CO)cc21. The molecule has 0 aliphatic carbocycles. The molecule has 0 spiro atoms. The number of rotatable bonds is 1. The molecule has 0 saturated heterocycles. The highest BCUT2D eigenvalue weighted by molar-refractivity contribution is 5.97. The Kier molecular flexibility index (Phi) is 2.37. The van der Waals surface area contributed by atoms with Crippen molar-refractivity contribution in [2.75, 3.05) is 13.2 Å². The van der Waals surface area contributed by atoms with Gasteiger partial charge in [-0.2, -0.15) is 0 Å². The average molecular weight is 193 g/mol. The van der Waals surface area contributed by atoms with Gasteiger partial charge < -0.3 is 15.2 Å². The highest BCUT2D eigenvalue weighted by Gasteiger charge is 2.16. The molecule has 14 heavy (non-hydrogen) atoms. The van der Waals surface area contributed by atoms with Crippen molar-refractivity contribution < 1.29 is 14.6 Å². The van der Waals surface area contributed by atoms with Gasteiger partial charge in [-0.3, -0.25) is 4.79 Å². The molecule has 1 amide bonds. The van der Waals surface area contributed by atoms with Crippen molar-refractivity contribution in [1.82, 2.24) is 5.32 Å². The molecule has 2 N–H and O–H groups in total. The first kappa shape index (κ1) is 9.02. The van der Waals surface area contributed by atoms with E-state index >= 15 is 0 Å². The van der Waals surface area contributed by atoms with Gasteiger partial charge >= 0.3 is 0 Å². The van der Waals surface area contributed by atoms with Crippen molar-refractivity contribution >= 4 is 5.91 Å². The van der Waals surface area contributed by atoms with Gasteiger partial charge in [-0.15, -0.1) is 0 Å². The van der Waals surface area contributed by atoms with Gasteiger partial charge in [0.25, 0.3) is 5.91 Å². The normalized spacial score (nSPS) is 15.1. The summed E-state index contributed by atoms with van der Waals surface area (Å²) in [7, 11) is 0. The first-order chi connectivity index (χ1) is 6.81. The second kappa shape index (κ2) is 3.67. The minimum Gasteiger partial charge on any atom is -0.491 e. The van der Waals surface area contributed by atoms with E-state index < -0.39 is 0 Å². The number of hydrogen-bond acceptors (Lipinski definition) is 3. The predicted octanol–water partition coefficient (Wildman–Crippen LogP) is 0.301. The summed E-state index contributed by atoms with van der Waals surface area (Å²) < 4.78 is 5.35. The fraction of sp³-hybridized carbons (Fsp3) is 0.300. The summed E-state index contributed by atoms with van der Waals surface area (Å²) in [5.41, 5.74) is 1.21. The maximum atomic E-state index is 11.5. The molecule has 74 valence electrons. The monoisotopic (exact) mass is 193 g/mol. The summed E-state index contributed by atoms with van der Waals surface area (Å²) in [5.74, 6) is 0.435. The van der Waals surface area contributed by atoms with Crippen molar-refractivity contribution in [2.45, 2.75) is 6.61 Å². The number of amides is 1. The molecule has 1 heterocycles. The molecular formula is C10H11NO3. The van der Waals surface area contributed by atoms with Crippen LogP contribution >= 0.6 is 0 Å². The number of fused-ring (bicyclic) bond motifs is 1. The van der Waals surface area contributed by atoms with Crippen LogP contribution in [0, 0.1) is 0 Å². The molecular weight excluding hydrogens is 182 g/mol. The fourth-order valence-electron chi connectivity index (χ4n) is 1.40. The number of ether oxygens (including phenoxy) is 1. The van der Waals surface area contributed by atoms with E-state index in [1.54, 1.807) is 18.2 Å². The van der Waals surface area contributed by atoms with Crippen molar-refractivity contribution in [3.05, 3.63) is 29.3 Å². The molecule has 0 unspecified atom stereocenters. The van der Waals surface area contributed by atoms with E-state index in [-0.39, 0.29) is 12.5 Å². The van der Waals surface area contributed by atoms with Crippen LogP contribution in [0.25, 0.3) is 0 Å². The minimum absolute atomic E-state index is 0.0689. The largest absolute Gasteiger partial charge is 0.491 e. The summed E-state index contributed by atoms with van der Waals surface area (Å²) in [5, 5.41) is 11.6. The summed E-state index contributed by atoms with van der Waals surface area (Å²) in [6.07, 6.45) is 0. The Morgan fingerprint density at radius 2 is 2.36 bits per heavy atom. The van der Waals surface area contributed by atoms with Gasteiger partial charge in [0.05, 0.1) is 18.7 Å². The van der Waals surface area contributed by atoms with E-state index in [0.29, 0.717) is 30.0 Å². The van der Waals surface area contributed by atoms with Gasteiger partial charge in [0.1, 0.15) is 12.4 Å². The molecule has 1 aliphatic rings. The van der Waals surface area contributed by atoms with Crippen LogP contribution in [0.3, 0.4) is 0 Å². The van der Waals surface area contributed by atoms with Crippen molar-refractivity contribution in [1.29, 1.82) is 0 Å². The second-order valence-electron chi connectivity index (χ2n) is 3.09. The Morgan fingerprint density at radius 1 is 1.50 bits per heavy atom. The molecule has 0 atom stereocenters. The molecule has 0 fully saturated rings. The van der Waals surface area contributed by atoms with Gasteiger partial charge in [-0.25, -0.2) is 0 Å². The molecule has 4 nitrogen and oxygen atoms in total. The lowest BCUT2D eigenvalue weighted by Gasteiger charge is -2.06. The lowest BCUT2D eigenvalue weighted by atomic mass is 10.1. The molecule has 0 radical (unpaired) electrons. The van der Waals surface area contributed by atoms with Crippen LogP contribution in [0.1, 0.15) is 15.9 Å². The number of aliphatic hydroxyl groups is 1. The van der Waals surface area contributed by atoms with Crippen LogP contribution in [0.4, 0.5) is 0 Å². The first-order valence-corrected chi connectivity index (χ1v) is 4.46. The summed E-state index contributed by atoms with van der Waals surface area (Å²) in [6.45, 7) is 0.930. The Morgan fingerprint density at radius 3 is 3.14 bits per heavy atom. The van der Waals surface area contributed by atoms with E-state index in [4.69, 9.17) is 9.84 Å². The van der Waals surface area contributed by atoms with Crippen molar-refractivity contribution in [3.63, 3.8) is 0 Å². The molecule has 2 rings (SSSR count). The number of nitrogens with one attached hydrogen (secondary N) is 1. The van der Waals surface area contributed by atoms with Crippen molar-refractivity contribution in [3.8, 4) is 5.75 Å². The number of aliphatic hydroxyl groups excluding tert-OH is 1. The van der Waals surface area contributed by atoms with Crippen LogP contribution in [-0.4, -0.2) is 24.2 Å². The molecule has 1 aliphatic heterocycles.